The summed E-state index contributed by atoms with van der Waals surface area (Å²) in [6.07, 6.45) is 0. The number of carbonyl (C=O) groups excluding carboxylic acids is 1. The summed E-state index contributed by atoms with van der Waals surface area (Å²) in [5.41, 5.74) is -0.0886. The van der Waals surface area contributed by atoms with Gasteiger partial charge in [0.05, 0.1) is 11.5 Å². The van der Waals surface area contributed by atoms with Gasteiger partial charge in [0, 0.05) is 12.6 Å². The number of aliphatic carboxylic acids is 1. The van der Waals surface area contributed by atoms with Crippen molar-refractivity contribution in [2.45, 2.75) is 13.8 Å². The smallest absolute Gasteiger partial charge is 0.308 e. The molecule has 6 heteroatoms. The number of halogens is 1. The Labute approximate surface area is 110 Å². The van der Waals surface area contributed by atoms with Crippen LogP contribution in [0.1, 0.15) is 24.2 Å². The first-order chi connectivity index (χ1) is 8.82. The van der Waals surface area contributed by atoms with E-state index in [1.54, 1.807) is 13.8 Å². The zero-order valence-electron chi connectivity index (χ0n) is 10.7. The summed E-state index contributed by atoms with van der Waals surface area (Å²) in [4.78, 5) is 22.7. The number of carbonyl (C=O) groups is 2. The van der Waals surface area contributed by atoms with Crippen LogP contribution in [-0.2, 0) is 4.79 Å². The fraction of sp³-hybridized carbons (Fsp3) is 0.385. The van der Waals surface area contributed by atoms with E-state index >= 15 is 0 Å². The number of amides is 1. The molecule has 1 rings (SSSR count). The molecule has 0 aliphatic rings. The maximum atomic E-state index is 12.8. The van der Waals surface area contributed by atoms with E-state index in [4.69, 9.17) is 5.11 Å². The lowest BCUT2D eigenvalue weighted by Crippen LogP contribution is -2.35. The SMILES string of the molecule is CC(C)C(CNC(=O)c1ccc(F)cc1O)C(=O)O. The van der Waals surface area contributed by atoms with Crippen molar-refractivity contribution in [2.24, 2.45) is 11.8 Å². The van der Waals surface area contributed by atoms with E-state index in [1.807, 2.05) is 0 Å². The molecule has 0 radical (unpaired) electrons. The highest BCUT2D eigenvalue weighted by molar-refractivity contribution is 5.96. The Kier molecular flexibility index (Phi) is 4.86. The average Bonchev–Trinajstić information content (AvgIpc) is 2.27. The van der Waals surface area contributed by atoms with Crippen molar-refractivity contribution in [3.63, 3.8) is 0 Å². The van der Waals surface area contributed by atoms with Crippen LogP contribution in [0.3, 0.4) is 0 Å². The summed E-state index contributed by atoms with van der Waals surface area (Å²) in [7, 11) is 0. The van der Waals surface area contributed by atoms with Crippen LogP contribution in [-0.4, -0.2) is 28.6 Å². The number of phenols is 1. The van der Waals surface area contributed by atoms with Crippen LogP contribution in [0, 0.1) is 17.7 Å². The van der Waals surface area contributed by atoms with Gasteiger partial charge in [0.15, 0.2) is 0 Å². The number of hydrogen-bond donors (Lipinski definition) is 3. The van der Waals surface area contributed by atoms with Gasteiger partial charge >= 0.3 is 5.97 Å². The summed E-state index contributed by atoms with van der Waals surface area (Å²) in [5, 5.41) is 20.8. The molecule has 0 heterocycles. The molecular formula is C13H16FNO4. The van der Waals surface area contributed by atoms with Crippen LogP contribution >= 0.6 is 0 Å². The fourth-order valence-electron chi connectivity index (χ4n) is 1.60. The van der Waals surface area contributed by atoms with E-state index in [0.717, 1.165) is 18.2 Å². The first-order valence-electron chi connectivity index (χ1n) is 5.82. The third kappa shape index (κ3) is 3.94. The quantitative estimate of drug-likeness (QED) is 0.758. The molecule has 0 saturated heterocycles. The Hall–Kier alpha value is -2.11. The van der Waals surface area contributed by atoms with Crippen molar-refractivity contribution in [3.8, 4) is 5.75 Å². The second-order valence-corrected chi connectivity index (χ2v) is 4.56. The summed E-state index contributed by atoms with van der Waals surface area (Å²) >= 11 is 0. The molecule has 1 unspecified atom stereocenters. The van der Waals surface area contributed by atoms with E-state index in [9.17, 15) is 19.1 Å². The van der Waals surface area contributed by atoms with Gasteiger partial charge in [0.1, 0.15) is 11.6 Å². The number of aromatic hydroxyl groups is 1. The maximum Gasteiger partial charge on any atom is 0.308 e. The zero-order chi connectivity index (χ0) is 14.6. The zero-order valence-corrected chi connectivity index (χ0v) is 10.7. The first kappa shape index (κ1) is 14.9. The van der Waals surface area contributed by atoms with Crippen LogP contribution < -0.4 is 5.32 Å². The van der Waals surface area contributed by atoms with Crippen molar-refractivity contribution in [2.75, 3.05) is 6.54 Å². The Morgan fingerprint density at radius 2 is 2.00 bits per heavy atom. The molecule has 0 saturated carbocycles. The highest BCUT2D eigenvalue weighted by Crippen LogP contribution is 2.18. The lowest BCUT2D eigenvalue weighted by Gasteiger charge is -2.16. The van der Waals surface area contributed by atoms with Crippen molar-refractivity contribution < 1.29 is 24.2 Å². The minimum Gasteiger partial charge on any atom is -0.507 e. The maximum absolute atomic E-state index is 12.8. The van der Waals surface area contributed by atoms with E-state index in [-0.39, 0.29) is 18.0 Å². The number of carboxylic acid groups (broad SMARTS) is 1. The highest BCUT2D eigenvalue weighted by atomic mass is 19.1. The molecule has 1 aromatic carbocycles. The normalized spacial score (nSPS) is 12.2. The highest BCUT2D eigenvalue weighted by Gasteiger charge is 2.22. The molecule has 104 valence electrons. The molecule has 0 aromatic heterocycles. The van der Waals surface area contributed by atoms with Gasteiger partial charge in [-0.2, -0.15) is 0 Å². The minimum atomic E-state index is -1.00. The number of hydrogen-bond acceptors (Lipinski definition) is 3. The van der Waals surface area contributed by atoms with Crippen LogP contribution in [0.5, 0.6) is 5.75 Å². The molecule has 3 N–H and O–H groups in total. The number of benzene rings is 1. The predicted molar refractivity (Wildman–Crippen MR) is 66.4 cm³/mol. The molecule has 0 spiro atoms. The molecule has 19 heavy (non-hydrogen) atoms. The van der Waals surface area contributed by atoms with Gasteiger partial charge in [-0.25, -0.2) is 4.39 Å². The third-order valence-corrected chi connectivity index (χ3v) is 2.81. The fourth-order valence-corrected chi connectivity index (χ4v) is 1.60. The van der Waals surface area contributed by atoms with Crippen LogP contribution in [0.25, 0.3) is 0 Å². The van der Waals surface area contributed by atoms with Gasteiger partial charge in [0.2, 0.25) is 0 Å². The van der Waals surface area contributed by atoms with Gasteiger partial charge in [-0.15, -0.1) is 0 Å². The third-order valence-electron chi connectivity index (χ3n) is 2.81. The van der Waals surface area contributed by atoms with Crippen molar-refractivity contribution in [1.82, 2.24) is 5.32 Å². The van der Waals surface area contributed by atoms with E-state index in [2.05, 4.69) is 5.32 Å². The molecule has 0 aliphatic heterocycles. The molecule has 0 fully saturated rings. The number of phenolic OH excluding ortho intramolecular Hbond substituents is 1. The molecule has 1 amide bonds. The van der Waals surface area contributed by atoms with Gasteiger partial charge in [-0.3, -0.25) is 9.59 Å². The molecular weight excluding hydrogens is 253 g/mol. The molecule has 1 aromatic rings. The topological polar surface area (TPSA) is 86.6 Å². The van der Waals surface area contributed by atoms with Gasteiger partial charge in [-0.05, 0) is 18.1 Å². The van der Waals surface area contributed by atoms with Gasteiger partial charge in [-0.1, -0.05) is 13.8 Å². The number of carboxylic acids is 1. The van der Waals surface area contributed by atoms with Crippen LogP contribution in [0.4, 0.5) is 4.39 Å². The van der Waals surface area contributed by atoms with Crippen LogP contribution in [0.2, 0.25) is 0 Å². The summed E-state index contributed by atoms with van der Waals surface area (Å²) < 4.78 is 12.8. The number of rotatable bonds is 5. The molecule has 1 atom stereocenters. The Morgan fingerprint density at radius 3 is 2.47 bits per heavy atom. The molecule has 5 nitrogen and oxygen atoms in total. The van der Waals surface area contributed by atoms with Crippen molar-refractivity contribution in [1.29, 1.82) is 0 Å². The molecule has 0 bridgehead atoms. The standard InChI is InChI=1S/C13H16FNO4/c1-7(2)10(13(18)19)6-15-12(17)9-4-3-8(14)5-11(9)16/h3-5,7,10,16H,6H2,1-2H3,(H,15,17)(H,18,19). The van der Waals surface area contributed by atoms with E-state index in [1.165, 1.54) is 0 Å². The van der Waals surface area contributed by atoms with E-state index in [0.29, 0.717) is 0 Å². The monoisotopic (exact) mass is 269 g/mol. The number of nitrogens with one attached hydrogen (secondary N) is 1. The second kappa shape index (κ2) is 6.17. The lowest BCUT2D eigenvalue weighted by atomic mass is 9.96. The van der Waals surface area contributed by atoms with Crippen molar-refractivity contribution >= 4 is 11.9 Å². The molecule has 0 aliphatic carbocycles. The van der Waals surface area contributed by atoms with E-state index < -0.39 is 29.4 Å². The summed E-state index contributed by atoms with van der Waals surface area (Å²) in [6, 6.07) is 3.02. The summed E-state index contributed by atoms with van der Waals surface area (Å²) in [5.74, 6) is -3.62. The Morgan fingerprint density at radius 1 is 1.37 bits per heavy atom. The average molecular weight is 269 g/mol. The minimum absolute atomic E-state index is 0.0529. The largest absolute Gasteiger partial charge is 0.507 e. The van der Waals surface area contributed by atoms with Gasteiger partial charge < -0.3 is 15.5 Å². The van der Waals surface area contributed by atoms with Crippen LogP contribution in [0.15, 0.2) is 18.2 Å². The second-order valence-electron chi connectivity index (χ2n) is 4.56. The first-order valence-corrected chi connectivity index (χ1v) is 5.82. The Bertz CT molecular complexity index is 488. The predicted octanol–water partition coefficient (Wildman–Crippen LogP) is 1.62. The lowest BCUT2D eigenvalue weighted by molar-refractivity contribution is -0.142. The van der Waals surface area contributed by atoms with Crippen molar-refractivity contribution in [3.05, 3.63) is 29.6 Å². The Balaban J connectivity index is 2.72. The van der Waals surface area contributed by atoms with Gasteiger partial charge in [0.25, 0.3) is 5.91 Å². The summed E-state index contributed by atoms with van der Waals surface area (Å²) in [6.45, 7) is 3.42.